The number of H-pyrrole nitrogens is 1. The molecule has 5 heteroatoms. The van der Waals surface area contributed by atoms with Gasteiger partial charge in [0, 0.05) is 0 Å². The molecule has 1 aliphatic heterocycles. The molecule has 84 valence electrons. The molecule has 0 saturated carbocycles. The van der Waals surface area contributed by atoms with Crippen molar-refractivity contribution in [3.8, 4) is 11.5 Å². The molecule has 2 aromatic rings. The number of aromatic nitrogens is 1. The van der Waals surface area contributed by atoms with E-state index in [1.165, 1.54) is 0 Å². The van der Waals surface area contributed by atoms with Crippen molar-refractivity contribution in [3.63, 3.8) is 0 Å². The molecule has 1 aromatic carbocycles. The van der Waals surface area contributed by atoms with Crippen LogP contribution in [0.5, 0.6) is 11.5 Å². The lowest BCUT2D eigenvalue weighted by molar-refractivity contribution is 0.0890. The van der Waals surface area contributed by atoms with Crippen LogP contribution in [0.4, 0.5) is 0 Å². The van der Waals surface area contributed by atoms with Gasteiger partial charge in [-0.05, 0) is 18.6 Å². The van der Waals surface area contributed by atoms with Gasteiger partial charge in [-0.15, -0.1) is 0 Å². The maximum Gasteiger partial charge on any atom is 0.417 e. The molecular weight excluding hydrogens is 210 g/mol. The van der Waals surface area contributed by atoms with E-state index in [1.807, 2.05) is 6.92 Å². The predicted molar refractivity (Wildman–Crippen MR) is 57.0 cm³/mol. The highest BCUT2D eigenvalue weighted by atomic mass is 16.6. The van der Waals surface area contributed by atoms with Gasteiger partial charge in [-0.1, -0.05) is 6.92 Å². The lowest BCUT2D eigenvalue weighted by Gasteiger charge is -2.25. The maximum absolute atomic E-state index is 11.1. The van der Waals surface area contributed by atoms with E-state index in [9.17, 15) is 4.79 Å². The molecule has 0 saturated heterocycles. The van der Waals surface area contributed by atoms with E-state index >= 15 is 0 Å². The monoisotopic (exact) mass is 221 g/mol. The Morgan fingerprint density at radius 3 is 3.19 bits per heavy atom. The van der Waals surface area contributed by atoms with Crippen LogP contribution in [-0.2, 0) is 0 Å². The molecule has 16 heavy (non-hydrogen) atoms. The van der Waals surface area contributed by atoms with Crippen molar-refractivity contribution < 1.29 is 13.9 Å². The van der Waals surface area contributed by atoms with Gasteiger partial charge in [-0.25, -0.2) is 4.79 Å². The third-order valence-electron chi connectivity index (χ3n) is 2.67. The first-order chi connectivity index (χ1) is 7.78. The summed E-state index contributed by atoms with van der Waals surface area (Å²) in [6.45, 7) is 2.55. The molecule has 1 aliphatic rings. The highest BCUT2D eigenvalue weighted by Gasteiger charge is 2.23. The van der Waals surface area contributed by atoms with Crippen molar-refractivity contribution in [2.75, 3.05) is 6.61 Å². The first kappa shape index (κ1) is 9.33. The first-order valence-electron chi connectivity index (χ1n) is 5.23. The molecule has 0 fully saturated rings. The molecule has 0 spiro atoms. The van der Waals surface area contributed by atoms with Gasteiger partial charge in [0.05, 0.1) is 5.52 Å². The summed E-state index contributed by atoms with van der Waals surface area (Å²) in [5.41, 5.74) is 1.06. The fourth-order valence-electron chi connectivity index (χ4n) is 1.78. The van der Waals surface area contributed by atoms with E-state index in [1.54, 1.807) is 12.1 Å². The minimum atomic E-state index is -0.481. The first-order valence-corrected chi connectivity index (χ1v) is 5.23. The fraction of sp³-hybridized carbons (Fsp3) is 0.364. The molecule has 1 unspecified atom stereocenters. The molecular formula is C11H11NO4. The van der Waals surface area contributed by atoms with Crippen LogP contribution in [0.3, 0.4) is 0 Å². The Kier molecular flexibility index (Phi) is 1.92. The highest BCUT2D eigenvalue weighted by Crippen LogP contribution is 2.38. The number of benzene rings is 1. The second-order valence-electron chi connectivity index (χ2n) is 3.74. The number of oxazole rings is 1. The largest absolute Gasteiger partial charge is 0.486 e. The molecule has 1 atom stereocenters. The summed E-state index contributed by atoms with van der Waals surface area (Å²) in [5, 5.41) is 0. The van der Waals surface area contributed by atoms with Crippen molar-refractivity contribution in [2.24, 2.45) is 0 Å². The Labute approximate surface area is 91.0 Å². The van der Waals surface area contributed by atoms with Gasteiger partial charge < -0.3 is 13.9 Å². The van der Waals surface area contributed by atoms with Crippen LogP contribution in [0.25, 0.3) is 11.1 Å². The van der Waals surface area contributed by atoms with E-state index in [0.29, 0.717) is 29.2 Å². The SMILES string of the molecule is CCC1COc2ccc3[nH]c(=O)oc3c2O1. The van der Waals surface area contributed by atoms with Crippen LogP contribution >= 0.6 is 0 Å². The Morgan fingerprint density at radius 1 is 1.50 bits per heavy atom. The molecule has 2 heterocycles. The molecule has 0 radical (unpaired) electrons. The third-order valence-corrected chi connectivity index (χ3v) is 2.67. The van der Waals surface area contributed by atoms with E-state index in [4.69, 9.17) is 13.9 Å². The second-order valence-corrected chi connectivity index (χ2v) is 3.74. The summed E-state index contributed by atoms with van der Waals surface area (Å²) in [4.78, 5) is 13.7. The van der Waals surface area contributed by atoms with Crippen molar-refractivity contribution in [1.82, 2.24) is 4.98 Å². The van der Waals surface area contributed by atoms with Crippen LogP contribution in [-0.4, -0.2) is 17.7 Å². The summed E-state index contributed by atoms with van der Waals surface area (Å²) < 4.78 is 16.3. The Hall–Kier alpha value is -1.91. The van der Waals surface area contributed by atoms with Crippen molar-refractivity contribution in [2.45, 2.75) is 19.4 Å². The van der Waals surface area contributed by atoms with Gasteiger partial charge >= 0.3 is 5.76 Å². The minimum Gasteiger partial charge on any atom is -0.486 e. The normalized spacial score (nSPS) is 18.9. The molecule has 1 aromatic heterocycles. The lowest BCUT2D eigenvalue weighted by atomic mass is 10.2. The zero-order valence-electron chi connectivity index (χ0n) is 8.78. The average molecular weight is 221 g/mol. The summed E-state index contributed by atoms with van der Waals surface area (Å²) in [5.74, 6) is 0.666. The summed E-state index contributed by atoms with van der Waals surface area (Å²) >= 11 is 0. The number of rotatable bonds is 1. The molecule has 0 bridgehead atoms. The number of ether oxygens (including phenoxy) is 2. The topological polar surface area (TPSA) is 64.5 Å². The molecule has 0 amide bonds. The average Bonchev–Trinajstić information content (AvgIpc) is 2.69. The molecule has 3 rings (SSSR count). The summed E-state index contributed by atoms with van der Waals surface area (Å²) in [6.07, 6.45) is 0.864. The van der Waals surface area contributed by atoms with Gasteiger partial charge in [0.15, 0.2) is 5.75 Å². The van der Waals surface area contributed by atoms with Crippen LogP contribution in [0, 0.1) is 0 Å². The summed E-state index contributed by atoms with van der Waals surface area (Å²) in [6, 6.07) is 3.52. The van der Waals surface area contributed by atoms with E-state index in [2.05, 4.69) is 4.98 Å². The molecule has 5 nitrogen and oxygen atoms in total. The Balaban J connectivity index is 2.20. The third kappa shape index (κ3) is 1.28. The van der Waals surface area contributed by atoms with Gasteiger partial charge in [0.25, 0.3) is 0 Å². The number of hydrogen-bond acceptors (Lipinski definition) is 4. The number of fused-ring (bicyclic) bond motifs is 3. The van der Waals surface area contributed by atoms with Gasteiger partial charge in [0.1, 0.15) is 12.7 Å². The second kappa shape index (κ2) is 3.30. The van der Waals surface area contributed by atoms with Crippen LogP contribution in [0.1, 0.15) is 13.3 Å². The molecule has 1 N–H and O–H groups in total. The van der Waals surface area contributed by atoms with E-state index < -0.39 is 5.76 Å². The van der Waals surface area contributed by atoms with Gasteiger partial charge in [-0.3, -0.25) is 4.98 Å². The van der Waals surface area contributed by atoms with Crippen LogP contribution in [0.15, 0.2) is 21.3 Å². The van der Waals surface area contributed by atoms with Gasteiger partial charge in [-0.2, -0.15) is 0 Å². The number of hydrogen-bond donors (Lipinski definition) is 1. The highest BCUT2D eigenvalue weighted by molar-refractivity contribution is 5.82. The zero-order valence-corrected chi connectivity index (χ0v) is 8.78. The maximum atomic E-state index is 11.1. The minimum absolute atomic E-state index is 0.0123. The van der Waals surface area contributed by atoms with Crippen LogP contribution < -0.4 is 15.2 Å². The van der Waals surface area contributed by atoms with Crippen LogP contribution in [0.2, 0.25) is 0 Å². The standard InChI is InChI=1S/C11H11NO4/c1-2-6-5-14-8-4-3-7-9(10(8)15-6)16-11(13)12-7/h3-4,6H,2,5H2,1H3,(H,12,13). The number of nitrogens with one attached hydrogen (secondary N) is 1. The van der Waals surface area contributed by atoms with E-state index in [-0.39, 0.29) is 6.10 Å². The summed E-state index contributed by atoms with van der Waals surface area (Å²) in [7, 11) is 0. The van der Waals surface area contributed by atoms with E-state index in [0.717, 1.165) is 6.42 Å². The Bertz CT molecular complexity index is 583. The molecule has 0 aliphatic carbocycles. The Morgan fingerprint density at radius 2 is 2.38 bits per heavy atom. The fourth-order valence-corrected chi connectivity index (χ4v) is 1.78. The smallest absolute Gasteiger partial charge is 0.417 e. The predicted octanol–water partition coefficient (Wildman–Crippen LogP) is 1.67. The zero-order chi connectivity index (χ0) is 11.1. The van der Waals surface area contributed by atoms with Gasteiger partial charge in [0.2, 0.25) is 11.3 Å². The van der Waals surface area contributed by atoms with Crippen molar-refractivity contribution in [1.29, 1.82) is 0 Å². The van der Waals surface area contributed by atoms with Crippen molar-refractivity contribution >= 4 is 11.1 Å². The quantitative estimate of drug-likeness (QED) is 0.795. The van der Waals surface area contributed by atoms with Crippen molar-refractivity contribution in [3.05, 3.63) is 22.7 Å². The lowest BCUT2D eigenvalue weighted by Crippen LogP contribution is -2.28. The number of aromatic amines is 1.